The Hall–Kier alpha value is -1.69. The topological polar surface area (TPSA) is 38.7 Å². The number of alkyl halides is 3. The van der Waals surface area contributed by atoms with Gasteiger partial charge < -0.3 is 14.6 Å². The molecule has 4 rings (SSSR count). The van der Waals surface area contributed by atoms with Crippen molar-refractivity contribution in [2.75, 3.05) is 20.8 Å². The van der Waals surface area contributed by atoms with Crippen LogP contribution in [0.3, 0.4) is 0 Å². The van der Waals surface area contributed by atoms with Crippen LogP contribution in [0.2, 0.25) is 0 Å². The van der Waals surface area contributed by atoms with Gasteiger partial charge in [-0.3, -0.25) is 0 Å². The summed E-state index contributed by atoms with van der Waals surface area (Å²) < 4.78 is 54.2. The maximum absolute atomic E-state index is 14.2. The van der Waals surface area contributed by atoms with Crippen LogP contribution in [0.4, 0.5) is 13.2 Å². The Labute approximate surface area is 202 Å². The summed E-state index contributed by atoms with van der Waals surface area (Å²) in [6.07, 6.45) is 1.11. The van der Waals surface area contributed by atoms with Gasteiger partial charge in [-0.2, -0.15) is 13.2 Å². The standard InChI is InChI=1S/C28H41F3O3/c1-8-9-10-11-24(28(29,30)31)26(2,3)18-13-22(33-6)25(23(14-18)34-7)19-12-17(16-32)20-15-21(19)27(20,4)5/h12-14,19-21,24,32H,8-11,15-16H2,1-7H3/t19-,20+,21-,24+/m0/s1. The number of ether oxygens (including phenoxy) is 2. The number of hydrogen-bond donors (Lipinski definition) is 1. The minimum atomic E-state index is -4.30. The molecule has 1 N–H and O–H groups in total. The van der Waals surface area contributed by atoms with Crippen molar-refractivity contribution in [3.63, 3.8) is 0 Å². The largest absolute Gasteiger partial charge is 0.496 e. The summed E-state index contributed by atoms with van der Waals surface area (Å²) >= 11 is 0. The van der Waals surface area contributed by atoms with Crippen molar-refractivity contribution >= 4 is 0 Å². The van der Waals surface area contributed by atoms with Crippen molar-refractivity contribution in [2.24, 2.45) is 23.2 Å². The number of allylic oxidation sites excluding steroid dienone is 1. The van der Waals surface area contributed by atoms with Gasteiger partial charge in [0.2, 0.25) is 0 Å². The molecule has 1 aromatic carbocycles. The number of aliphatic hydroxyl groups excluding tert-OH is 1. The number of benzene rings is 1. The molecule has 0 heterocycles. The minimum absolute atomic E-state index is 0.0120. The average molecular weight is 483 g/mol. The second-order valence-corrected chi connectivity index (χ2v) is 11.2. The van der Waals surface area contributed by atoms with Gasteiger partial charge in [0.05, 0.1) is 26.7 Å². The summed E-state index contributed by atoms with van der Waals surface area (Å²) in [5, 5.41) is 9.98. The van der Waals surface area contributed by atoms with Gasteiger partial charge in [-0.15, -0.1) is 0 Å². The number of fused-ring (bicyclic) bond motifs is 1. The highest BCUT2D eigenvalue weighted by Gasteiger charge is 2.56. The minimum Gasteiger partial charge on any atom is -0.496 e. The van der Waals surface area contributed by atoms with Crippen LogP contribution in [-0.4, -0.2) is 32.1 Å². The number of unbranched alkanes of at least 4 members (excludes halogenated alkanes) is 2. The molecule has 0 amide bonds. The summed E-state index contributed by atoms with van der Waals surface area (Å²) in [7, 11) is 3.12. The molecule has 1 saturated carbocycles. The van der Waals surface area contributed by atoms with Crippen LogP contribution < -0.4 is 9.47 Å². The lowest BCUT2D eigenvalue weighted by atomic mass is 9.45. The van der Waals surface area contributed by atoms with Crippen molar-refractivity contribution in [3.05, 3.63) is 34.9 Å². The maximum Gasteiger partial charge on any atom is 0.392 e. The van der Waals surface area contributed by atoms with Gasteiger partial charge in [-0.1, -0.05) is 60.0 Å². The lowest BCUT2D eigenvalue weighted by Gasteiger charge is -2.59. The Bertz CT molecular complexity index is 876. The number of halogens is 3. The van der Waals surface area contributed by atoms with Gasteiger partial charge in [0.25, 0.3) is 0 Å². The molecule has 1 fully saturated rings. The molecule has 4 atom stereocenters. The van der Waals surface area contributed by atoms with E-state index in [0.29, 0.717) is 35.3 Å². The zero-order chi connectivity index (χ0) is 25.5. The lowest BCUT2D eigenvalue weighted by molar-refractivity contribution is -0.193. The molecule has 192 valence electrons. The summed E-state index contributed by atoms with van der Waals surface area (Å²) in [5.74, 6) is 0.338. The third-order valence-electron chi connectivity index (χ3n) is 8.78. The summed E-state index contributed by atoms with van der Waals surface area (Å²) in [6, 6.07) is 3.56. The van der Waals surface area contributed by atoms with Crippen LogP contribution in [0.15, 0.2) is 23.8 Å². The van der Waals surface area contributed by atoms with Crippen LogP contribution in [0.25, 0.3) is 0 Å². The van der Waals surface area contributed by atoms with Crippen molar-refractivity contribution < 1.29 is 27.8 Å². The summed E-state index contributed by atoms with van der Waals surface area (Å²) in [5.41, 5.74) is 1.34. The number of hydrogen-bond acceptors (Lipinski definition) is 3. The van der Waals surface area contributed by atoms with E-state index in [1.165, 1.54) is 0 Å². The first kappa shape index (κ1) is 26.9. The highest BCUT2D eigenvalue weighted by atomic mass is 19.4. The van der Waals surface area contributed by atoms with Crippen LogP contribution in [0.1, 0.15) is 83.8 Å². The third kappa shape index (κ3) is 4.59. The van der Waals surface area contributed by atoms with Gasteiger partial charge in [-0.25, -0.2) is 0 Å². The SMILES string of the molecule is CCCCC[C@@H](C(F)(F)F)C(C)(C)c1cc(OC)c([C@H]2C=C(CO)[C@H]3C[C@@H]2C3(C)C)c(OC)c1. The smallest absolute Gasteiger partial charge is 0.392 e. The molecule has 3 nitrogen and oxygen atoms in total. The molecule has 0 saturated heterocycles. The molecular weight excluding hydrogens is 441 g/mol. The molecule has 0 unspecified atom stereocenters. The normalized spacial score (nSPS) is 24.8. The Morgan fingerprint density at radius 3 is 2.12 bits per heavy atom. The van der Waals surface area contributed by atoms with E-state index in [9.17, 15) is 18.3 Å². The Kier molecular flexibility index (Phi) is 7.72. The lowest BCUT2D eigenvalue weighted by Crippen LogP contribution is -2.51. The third-order valence-corrected chi connectivity index (χ3v) is 8.78. The second-order valence-electron chi connectivity index (χ2n) is 11.2. The van der Waals surface area contributed by atoms with E-state index in [1.54, 1.807) is 40.2 Å². The molecule has 1 aromatic rings. The van der Waals surface area contributed by atoms with E-state index in [-0.39, 0.29) is 24.4 Å². The van der Waals surface area contributed by atoms with Crippen LogP contribution in [0.5, 0.6) is 11.5 Å². The average Bonchev–Trinajstić information content (AvgIpc) is 2.78. The van der Waals surface area contributed by atoms with Crippen molar-refractivity contribution in [1.82, 2.24) is 0 Å². The monoisotopic (exact) mass is 482 g/mol. The maximum atomic E-state index is 14.2. The molecule has 34 heavy (non-hydrogen) atoms. The first-order valence-corrected chi connectivity index (χ1v) is 12.5. The highest BCUT2D eigenvalue weighted by Crippen LogP contribution is 2.65. The van der Waals surface area contributed by atoms with Gasteiger partial charge in [0.1, 0.15) is 11.5 Å². The van der Waals surface area contributed by atoms with Crippen molar-refractivity contribution in [1.29, 1.82) is 0 Å². The van der Waals surface area contributed by atoms with Crippen molar-refractivity contribution in [2.45, 2.75) is 84.2 Å². The van der Waals surface area contributed by atoms with E-state index >= 15 is 0 Å². The zero-order valence-corrected chi connectivity index (χ0v) is 21.7. The molecule has 0 aromatic heterocycles. The fourth-order valence-corrected chi connectivity index (χ4v) is 6.48. The zero-order valence-electron chi connectivity index (χ0n) is 21.7. The quantitative estimate of drug-likeness (QED) is 0.279. The molecule has 3 aliphatic rings. The molecule has 0 spiro atoms. The molecule has 0 radical (unpaired) electrons. The molecule has 0 aliphatic heterocycles. The van der Waals surface area contributed by atoms with Crippen LogP contribution >= 0.6 is 0 Å². The predicted molar refractivity (Wildman–Crippen MR) is 130 cm³/mol. The summed E-state index contributed by atoms with van der Waals surface area (Å²) in [4.78, 5) is 0. The Balaban J connectivity index is 2.09. The second kappa shape index (κ2) is 9.75. The van der Waals surface area contributed by atoms with E-state index in [0.717, 1.165) is 30.4 Å². The van der Waals surface area contributed by atoms with Gasteiger partial charge in [0, 0.05) is 16.9 Å². The Morgan fingerprint density at radius 2 is 1.68 bits per heavy atom. The van der Waals surface area contributed by atoms with E-state index in [2.05, 4.69) is 19.9 Å². The van der Waals surface area contributed by atoms with E-state index < -0.39 is 17.5 Å². The summed E-state index contributed by atoms with van der Waals surface area (Å²) in [6.45, 7) is 9.81. The number of methoxy groups -OCH3 is 2. The number of rotatable bonds is 10. The first-order valence-electron chi connectivity index (χ1n) is 12.5. The first-order chi connectivity index (χ1) is 15.8. The molecule has 2 bridgehead atoms. The fourth-order valence-electron chi connectivity index (χ4n) is 6.48. The van der Waals surface area contributed by atoms with E-state index in [4.69, 9.17) is 9.47 Å². The predicted octanol–water partition coefficient (Wildman–Crippen LogP) is 7.42. The number of aliphatic hydroxyl groups is 1. The molecule has 6 heteroatoms. The van der Waals surface area contributed by atoms with Crippen LogP contribution in [0, 0.1) is 23.2 Å². The van der Waals surface area contributed by atoms with Gasteiger partial charge >= 0.3 is 6.18 Å². The van der Waals surface area contributed by atoms with Crippen LogP contribution in [-0.2, 0) is 5.41 Å². The Morgan fingerprint density at radius 1 is 1.09 bits per heavy atom. The van der Waals surface area contributed by atoms with Gasteiger partial charge in [-0.05, 0) is 53.4 Å². The van der Waals surface area contributed by atoms with Gasteiger partial charge in [0.15, 0.2) is 0 Å². The highest BCUT2D eigenvalue weighted by molar-refractivity contribution is 5.55. The fraction of sp³-hybridized carbons (Fsp3) is 0.714. The molecule has 3 aliphatic carbocycles. The molecular formula is C28H41F3O3. The van der Waals surface area contributed by atoms with E-state index in [1.807, 2.05) is 6.92 Å². The van der Waals surface area contributed by atoms with Crippen molar-refractivity contribution in [3.8, 4) is 11.5 Å².